The van der Waals surface area contributed by atoms with Gasteiger partial charge < -0.3 is 5.11 Å². The van der Waals surface area contributed by atoms with Gasteiger partial charge in [-0.3, -0.25) is 0 Å². The smallest absolute Gasteiger partial charge is 0.236 e. The van der Waals surface area contributed by atoms with Gasteiger partial charge in [-0.25, -0.2) is 8.42 Å². The minimum Gasteiger partial charge on any atom is -0.396 e. The maximum atomic E-state index is 12.5. The topological polar surface area (TPSA) is 57.6 Å². The van der Waals surface area contributed by atoms with E-state index in [0.717, 1.165) is 12.8 Å². The molecule has 1 heterocycles. The first kappa shape index (κ1) is 16.5. The van der Waals surface area contributed by atoms with E-state index in [1.165, 1.54) is 15.8 Å². The van der Waals surface area contributed by atoms with Crippen LogP contribution in [0.5, 0.6) is 0 Å². The van der Waals surface area contributed by atoms with Crippen molar-refractivity contribution in [2.45, 2.75) is 25.8 Å². The fraction of sp³-hybridized carbons (Fsp3) is 0.467. The van der Waals surface area contributed by atoms with Crippen molar-refractivity contribution in [3.8, 4) is 0 Å². The van der Waals surface area contributed by atoms with E-state index in [0.29, 0.717) is 17.1 Å². The number of aliphatic hydroxyl groups is 1. The maximum Gasteiger partial charge on any atom is 0.236 e. The first-order chi connectivity index (χ1) is 9.94. The highest BCUT2D eigenvalue weighted by Crippen LogP contribution is 2.25. The summed E-state index contributed by atoms with van der Waals surface area (Å²) in [5, 5.41) is 11.0. The van der Waals surface area contributed by atoms with Crippen molar-refractivity contribution in [2.24, 2.45) is 5.92 Å². The van der Waals surface area contributed by atoms with Gasteiger partial charge in [-0.15, -0.1) is 0 Å². The predicted octanol–water partition coefficient (Wildman–Crippen LogP) is 2.73. The predicted molar refractivity (Wildman–Crippen MR) is 85.4 cm³/mol. The Morgan fingerprint density at radius 2 is 2.10 bits per heavy atom. The van der Waals surface area contributed by atoms with Crippen LogP contribution in [0.15, 0.2) is 29.7 Å². The zero-order valence-corrected chi connectivity index (χ0v) is 13.5. The third-order valence-electron chi connectivity index (χ3n) is 3.83. The molecule has 6 heteroatoms. The molecule has 1 aliphatic rings. The largest absolute Gasteiger partial charge is 0.396 e. The van der Waals surface area contributed by atoms with Gasteiger partial charge in [0.1, 0.15) is 0 Å². The Hall–Kier alpha value is -0.880. The molecule has 1 aliphatic heterocycles. The molecule has 0 spiro atoms. The first-order valence-corrected chi connectivity index (χ1v) is 8.87. The maximum absolute atomic E-state index is 12.5. The molecular formula is C15H20ClNO3S. The van der Waals surface area contributed by atoms with E-state index < -0.39 is 10.0 Å². The van der Waals surface area contributed by atoms with Crippen molar-refractivity contribution < 1.29 is 13.5 Å². The molecule has 1 fully saturated rings. The van der Waals surface area contributed by atoms with Crippen LogP contribution in [0.1, 0.15) is 25.3 Å². The average Bonchev–Trinajstić information content (AvgIpc) is 2.47. The minimum absolute atomic E-state index is 0.0182. The van der Waals surface area contributed by atoms with E-state index in [1.54, 1.807) is 18.2 Å². The zero-order chi connectivity index (χ0) is 15.5. The Morgan fingerprint density at radius 3 is 2.76 bits per heavy atom. The minimum atomic E-state index is -3.51. The van der Waals surface area contributed by atoms with Gasteiger partial charge in [0.15, 0.2) is 0 Å². The highest BCUT2D eigenvalue weighted by Gasteiger charge is 2.32. The fourth-order valence-corrected chi connectivity index (χ4v) is 4.20. The molecule has 1 aromatic rings. The van der Waals surface area contributed by atoms with Crippen LogP contribution in [0.25, 0.3) is 6.08 Å². The Morgan fingerprint density at radius 1 is 1.38 bits per heavy atom. The molecule has 0 bridgehead atoms. The SMILES string of the molecule is CC1CCC(CO)CN1S(=O)(=O)/C=C/c1ccccc1Cl. The van der Waals surface area contributed by atoms with Gasteiger partial charge in [-0.2, -0.15) is 4.31 Å². The lowest BCUT2D eigenvalue weighted by atomic mass is 9.96. The van der Waals surface area contributed by atoms with E-state index >= 15 is 0 Å². The van der Waals surface area contributed by atoms with Crippen molar-refractivity contribution in [1.29, 1.82) is 0 Å². The van der Waals surface area contributed by atoms with E-state index in [9.17, 15) is 13.5 Å². The van der Waals surface area contributed by atoms with Crippen LogP contribution in [0, 0.1) is 5.92 Å². The summed E-state index contributed by atoms with van der Waals surface area (Å²) in [7, 11) is -3.51. The summed E-state index contributed by atoms with van der Waals surface area (Å²) in [5.41, 5.74) is 0.672. The second-order valence-corrected chi connectivity index (χ2v) is 7.59. The third kappa shape index (κ3) is 4.07. The summed E-state index contributed by atoms with van der Waals surface area (Å²) >= 11 is 6.02. The Balaban J connectivity index is 2.19. The van der Waals surface area contributed by atoms with Crippen molar-refractivity contribution >= 4 is 27.7 Å². The molecule has 0 aliphatic carbocycles. The van der Waals surface area contributed by atoms with Gasteiger partial charge in [-0.1, -0.05) is 29.8 Å². The van der Waals surface area contributed by atoms with Crippen LogP contribution in [0.4, 0.5) is 0 Å². The van der Waals surface area contributed by atoms with Crippen molar-refractivity contribution in [3.63, 3.8) is 0 Å². The van der Waals surface area contributed by atoms with Crippen LogP contribution >= 0.6 is 11.6 Å². The average molecular weight is 330 g/mol. The van der Waals surface area contributed by atoms with Crippen molar-refractivity contribution in [1.82, 2.24) is 4.31 Å². The van der Waals surface area contributed by atoms with Crippen LogP contribution in [-0.2, 0) is 10.0 Å². The normalized spacial score (nSPS) is 24.5. The monoisotopic (exact) mass is 329 g/mol. The molecule has 0 radical (unpaired) electrons. The molecule has 0 saturated carbocycles. The molecule has 1 aromatic carbocycles. The number of halogens is 1. The van der Waals surface area contributed by atoms with Crippen molar-refractivity contribution in [3.05, 3.63) is 40.3 Å². The Bertz CT molecular complexity index is 615. The van der Waals surface area contributed by atoms with E-state index in [4.69, 9.17) is 11.6 Å². The van der Waals surface area contributed by atoms with Crippen LogP contribution in [-0.4, -0.2) is 37.0 Å². The summed E-state index contributed by atoms with van der Waals surface area (Å²) < 4.78 is 26.4. The molecule has 1 saturated heterocycles. The molecular weight excluding hydrogens is 310 g/mol. The van der Waals surface area contributed by atoms with Gasteiger partial charge in [0.2, 0.25) is 10.0 Å². The Labute approximate surface area is 131 Å². The molecule has 2 atom stereocenters. The van der Waals surface area contributed by atoms with Gasteiger partial charge in [0.05, 0.1) is 0 Å². The van der Waals surface area contributed by atoms with E-state index in [1.807, 2.05) is 13.0 Å². The van der Waals surface area contributed by atoms with Gasteiger partial charge in [0.25, 0.3) is 0 Å². The highest BCUT2D eigenvalue weighted by molar-refractivity contribution is 7.92. The summed E-state index contributed by atoms with van der Waals surface area (Å²) in [6.07, 6.45) is 3.15. The standard InChI is InChI=1S/C15H20ClNO3S/c1-12-6-7-13(11-18)10-17(12)21(19,20)9-8-14-4-2-3-5-15(14)16/h2-5,8-9,12-13,18H,6-7,10-11H2,1H3/b9-8+. The summed E-state index contributed by atoms with van der Waals surface area (Å²) in [4.78, 5) is 0. The fourth-order valence-electron chi connectivity index (χ4n) is 2.50. The number of aliphatic hydroxyl groups excluding tert-OH is 1. The number of hydrogen-bond acceptors (Lipinski definition) is 3. The van der Waals surface area contributed by atoms with Gasteiger partial charge in [-0.05, 0) is 43.4 Å². The summed E-state index contributed by atoms with van der Waals surface area (Å²) in [6, 6.07) is 7.05. The van der Waals surface area contributed by atoms with E-state index in [-0.39, 0.29) is 18.6 Å². The number of benzene rings is 1. The number of nitrogens with zero attached hydrogens (tertiary/aromatic N) is 1. The molecule has 4 nitrogen and oxygen atoms in total. The highest BCUT2D eigenvalue weighted by atomic mass is 35.5. The molecule has 1 N–H and O–H groups in total. The quantitative estimate of drug-likeness (QED) is 0.924. The Kier molecular flexibility index (Phi) is 5.43. The van der Waals surface area contributed by atoms with Gasteiger partial charge >= 0.3 is 0 Å². The van der Waals surface area contributed by atoms with E-state index in [2.05, 4.69) is 0 Å². The second-order valence-electron chi connectivity index (χ2n) is 5.41. The number of hydrogen-bond donors (Lipinski definition) is 1. The third-order valence-corrected chi connectivity index (χ3v) is 5.82. The van der Waals surface area contributed by atoms with Crippen LogP contribution in [0.3, 0.4) is 0 Å². The number of rotatable bonds is 4. The summed E-state index contributed by atoms with van der Waals surface area (Å²) in [5.74, 6) is 0.0182. The lowest BCUT2D eigenvalue weighted by Crippen LogP contribution is -2.45. The molecule has 2 unspecified atom stereocenters. The first-order valence-electron chi connectivity index (χ1n) is 6.99. The molecule has 116 valence electrons. The van der Waals surface area contributed by atoms with Crippen LogP contribution < -0.4 is 0 Å². The number of piperidine rings is 1. The van der Waals surface area contributed by atoms with Crippen LogP contribution in [0.2, 0.25) is 5.02 Å². The second kappa shape index (κ2) is 6.92. The lowest BCUT2D eigenvalue weighted by molar-refractivity contribution is 0.140. The molecule has 2 rings (SSSR count). The molecule has 0 aromatic heterocycles. The molecule has 0 amide bonds. The molecule has 21 heavy (non-hydrogen) atoms. The zero-order valence-electron chi connectivity index (χ0n) is 11.9. The lowest BCUT2D eigenvalue weighted by Gasteiger charge is -2.35. The summed E-state index contributed by atoms with van der Waals surface area (Å²) in [6.45, 7) is 2.29. The van der Waals surface area contributed by atoms with Crippen molar-refractivity contribution in [2.75, 3.05) is 13.2 Å². The van der Waals surface area contributed by atoms with Gasteiger partial charge in [0, 0.05) is 29.6 Å². The number of sulfonamides is 1.